The van der Waals surface area contributed by atoms with Crippen LogP contribution in [0, 0.1) is 0 Å². The molecular formula is C15H18Cl2N2O4. The highest BCUT2D eigenvalue weighted by molar-refractivity contribution is 6.39. The van der Waals surface area contributed by atoms with Gasteiger partial charge in [-0.2, -0.15) is 0 Å². The van der Waals surface area contributed by atoms with Gasteiger partial charge in [0.2, 0.25) is 5.91 Å². The van der Waals surface area contributed by atoms with Crippen LogP contribution in [0.5, 0.6) is 0 Å². The summed E-state index contributed by atoms with van der Waals surface area (Å²) in [5.74, 6) is -1.71. The van der Waals surface area contributed by atoms with E-state index in [1.165, 1.54) is 19.1 Å². The summed E-state index contributed by atoms with van der Waals surface area (Å²) in [6.45, 7) is 3.45. The molecule has 0 aliphatic rings. The van der Waals surface area contributed by atoms with E-state index in [1.54, 1.807) is 6.07 Å². The predicted molar refractivity (Wildman–Crippen MR) is 87.6 cm³/mol. The van der Waals surface area contributed by atoms with E-state index in [0.29, 0.717) is 6.54 Å². The molecule has 0 spiro atoms. The zero-order valence-electron chi connectivity index (χ0n) is 12.8. The number of benzene rings is 1. The molecule has 23 heavy (non-hydrogen) atoms. The van der Waals surface area contributed by atoms with E-state index >= 15 is 0 Å². The summed E-state index contributed by atoms with van der Waals surface area (Å²) < 4.78 is 4.86. The van der Waals surface area contributed by atoms with Crippen molar-refractivity contribution in [3.05, 3.63) is 33.8 Å². The van der Waals surface area contributed by atoms with Gasteiger partial charge in [-0.15, -0.1) is 0 Å². The van der Waals surface area contributed by atoms with Gasteiger partial charge in [0.1, 0.15) is 6.04 Å². The number of nitrogens with one attached hydrogen (secondary N) is 2. The molecule has 0 radical (unpaired) electrons. The Labute approximate surface area is 144 Å². The molecule has 0 aliphatic heterocycles. The van der Waals surface area contributed by atoms with Gasteiger partial charge in [0, 0.05) is 6.54 Å². The third kappa shape index (κ3) is 6.08. The highest BCUT2D eigenvalue weighted by Gasteiger charge is 2.19. The molecule has 0 saturated heterocycles. The van der Waals surface area contributed by atoms with Crippen molar-refractivity contribution in [1.82, 2.24) is 10.6 Å². The van der Waals surface area contributed by atoms with E-state index in [9.17, 15) is 14.4 Å². The summed E-state index contributed by atoms with van der Waals surface area (Å²) in [4.78, 5) is 35.2. The fraction of sp³-hybridized carbons (Fsp3) is 0.400. The van der Waals surface area contributed by atoms with Gasteiger partial charge in [0.15, 0.2) is 6.61 Å². The van der Waals surface area contributed by atoms with Gasteiger partial charge in [0.05, 0.1) is 15.6 Å². The average molecular weight is 361 g/mol. The van der Waals surface area contributed by atoms with Gasteiger partial charge in [-0.05, 0) is 25.5 Å². The number of hydrogen-bond donors (Lipinski definition) is 2. The fourth-order valence-corrected chi connectivity index (χ4v) is 2.20. The number of ether oxygens (including phenoxy) is 1. The Morgan fingerprint density at radius 3 is 2.39 bits per heavy atom. The van der Waals surface area contributed by atoms with Crippen molar-refractivity contribution < 1.29 is 19.1 Å². The first kappa shape index (κ1) is 19.3. The zero-order chi connectivity index (χ0) is 17.4. The minimum Gasteiger partial charge on any atom is -0.452 e. The number of carbonyl (C=O) groups excluding carboxylic acids is 3. The van der Waals surface area contributed by atoms with E-state index in [-0.39, 0.29) is 21.5 Å². The number of carbonyl (C=O) groups is 3. The molecule has 0 heterocycles. The van der Waals surface area contributed by atoms with Crippen LogP contribution in [0.1, 0.15) is 30.6 Å². The molecule has 0 aromatic heterocycles. The van der Waals surface area contributed by atoms with Crippen molar-refractivity contribution in [3.8, 4) is 0 Å². The zero-order valence-corrected chi connectivity index (χ0v) is 14.3. The summed E-state index contributed by atoms with van der Waals surface area (Å²) in [7, 11) is 0. The fourth-order valence-electron chi connectivity index (χ4n) is 1.65. The highest BCUT2D eigenvalue weighted by atomic mass is 35.5. The molecule has 8 heteroatoms. The Morgan fingerprint density at radius 2 is 1.83 bits per heavy atom. The summed E-state index contributed by atoms with van der Waals surface area (Å²) >= 11 is 11.8. The summed E-state index contributed by atoms with van der Waals surface area (Å²) in [5.41, 5.74) is -0.00243. The molecule has 0 aliphatic carbocycles. The Balaban J connectivity index is 2.50. The van der Waals surface area contributed by atoms with Gasteiger partial charge in [-0.3, -0.25) is 9.59 Å². The second-order valence-corrected chi connectivity index (χ2v) is 5.57. The van der Waals surface area contributed by atoms with E-state index in [2.05, 4.69) is 10.6 Å². The third-order valence-electron chi connectivity index (χ3n) is 2.82. The molecule has 2 amide bonds. The standard InChI is InChI=1S/C15H18Cl2N2O4/c1-3-7-18-14(21)9(2)19-12(20)8-23-15(22)13-10(16)5-4-6-11(13)17/h4-6,9H,3,7-8H2,1-2H3,(H,18,21)(H,19,20)/t9-/m0/s1. The van der Waals surface area contributed by atoms with Gasteiger partial charge in [-0.25, -0.2) is 4.79 Å². The monoisotopic (exact) mass is 360 g/mol. The van der Waals surface area contributed by atoms with Crippen LogP contribution >= 0.6 is 23.2 Å². The molecule has 0 saturated carbocycles. The number of amides is 2. The van der Waals surface area contributed by atoms with Crippen LogP contribution in [-0.4, -0.2) is 37.0 Å². The van der Waals surface area contributed by atoms with Crippen LogP contribution in [0.4, 0.5) is 0 Å². The summed E-state index contributed by atoms with van der Waals surface area (Å²) in [6, 6.07) is 3.84. The van der Waals surface area contributed by atoms with Crippen molar-refractivity contribution in [2.24, 2.45) is 0 Å². The van der Waals surface area contributed by atoms with Gasteiger partial charge in [-0.1, -0.05) is 36.2 Å². The lowest BCUT2D eigenvalue weighted by atomic mass is 10.2. The number of halogens is 2. The van der Waals surface area contributed by atoms with Crippen molar-refractivity contribution in [1.29, 1.82) is 0 Å². The van der Waals surface area contributed by atoms with Gasteiger partial charge >= 0.3 is 5.97 Å². The van der Waals surface area contributed by atoms with Crippen LogP contribution in [0.25, 0.3) is 0 Å². The maximum Gasteiger partial charge on any atom is 0.341 e. The first-order chi connectivity index (χ1) is 10.9. The molecule has 1 atom stereocenters. The first-order valence-electron chi connectivity index (χ1n) is 7.05. The van der Waals surface area contributed by atoms with Gasteiger partial charge < -0.3 is 15.4 Å². The van der Waals surface area contributed by atoms with Crippen molar-refractivity contribution >= 4 is 41.0 Å². The molecule has 1 aromatic carbocycles. The number of hydrogen-bond acceptors (Lipinski definition) is 4. The maximum atomic E-state index is 11.9. The van der Waals surface area contributed by atoms with E-state index < -0.39 is 24.5 Å². The number of rotatable bonds is 7. The average Bonchev–Trinajstić information content (AvgIpc) is 2.50. The minimum atomic E-state index is -0.807. The lowest BCUT2D eigenvalue weighted by molar-refractivity contribution is -0.130. The van der Waals surface area contributed by atoms with Crippen LogP contribution in [-0.2, 0) is 14.3 Å². The minimum absolute atomic E-state index is 0.00243. The quantitative estimate of drug-likeness (QED) is 0.729. The molecule has 2 N–H and O–H groups in total. The van der Waals surface area contributed by atoms with Crippen LogP contribution < -0.4 is 10.6 Å². The van der Waals surface area contributed by atoms with E-state index in [0.717, 1.165) is 6.42 Å². The van der Waals surface area contributed by atoms with Crippen molar-refractivity contribution in [2.45, 2.75) is 26.3 Å². The summed E-state index contributed by atoms with van der Waals surface area (Å²) in [6.07, 6.45) is 0.794. The van der Waals surface area contributed by atoms with Crippen LogP contribution in [0.3, 0.4) is 0 Å². The van der Waals surface area contributed by atoms with Crippen LogP contribution in [0.2, 0.25) is 10.0 Å². The second kappa shape index (κ2) is 9.37. The predicted octanol–water partition coefficient (Wildman–Crippen LogP) is 2.18. The second-order valence-electron chi connectivity index (χ2n) is 4.75. The first-order valence-corrected chi connectivity index (χ1v) is 7.80. The molecule has 126 valence electrons. The Morgan fingerprint density at radius 1 is 1.22 bits per heavy atom. The molecule has 0 unspecified atom stereocenters. The Hall–Kier alpha value is -1.79. The molecule has 0 fully saturated rings. The van der Waals surface area contributed by atoms with E-state index in [1.807, 2.05) is 6.92 Å². The smallest absolute Gasteiger partial charge is 0.341 e. The van der Waals surface area contributed by atoms with E-state index in [4.69, 9.17) is 27.9 Å². The van der Waals surface area contributed by atoms with Crippen LogP contribution in [0.15, 0.2) is 18.2 Å². The SMILES string of the molecule is CCCNC(=O)[C@H](C)NC(=O)COC(=O)c1c(Cl)cccc1Cl. The van der Waals surface area contributed by atoms with Crippen molar-refractivity contribution in [3.63, 3.8) is 0 Å². The Bertz CT molecular complexity index is 573. The third-order valence-corrected chi connectivity index (χ3v) is 3.45. The highest BCUT2D eigenvalue weighted by Crippen LogP contribution is 2.24. The molecule has 0 bridgehead atoms. The summed E-state index contributed by atoms with van der Waals surface area (Å²) in [5, 5.41) is 5.35. The number of esters is 1. The lowest BCUT2D eigenvalue weighted by Crippen LogP contribution is -2.46. The largest absolute Gasteiger partial charge is 0.452 e. The van der Waals surface area contributed by atoms with Gasteiger partial charge in [0.25, 0.3) is 5.91 Å². The molecular weight excluding hydrogens is 343 g/mol. The maximum absolute atomic E-state index is 11.9. The van der Waals surface area contributed by atoms with Crippen molar-refractivity contribution in [2.75, 3.05) is 13.2 Å². The molecule has 1 rings (SSSR count). The topological polar surface area (TPSA) is 84.5 Å². The molecule has 1 aromatic rings. The lowest BCUT2D eigenvalue weighted by Gasteiger charge is -2.14. The normalized spacial score (nSPS) is 11.5. The molecule has 6 nitrogen and oxygen atoms in total. The Kier molecular flexibility index (Phi) is 7.85.